The third-order valence-electron chi connectivity index (χ3n) is 4.06. The van der Waals surface area contributed by atoms with Gasteiger partial charge in [-0.1, -0.05) is 41.9 Å². The van der Waals surface area contributed by atoms with Crippen LogP contribution in [0.15, 0.2) is 81.2 Å². The Labute approximate surface area is 198 Å². The van der Waals surface area contributed by atoms with Gasteiger partial charge in [0.05, 0.1) is 23.5 Å². The summed E-state index contributed by atoms with van der Waals surface area (Å²) < 4.78 is 12.1. The van der Waals surface area contributed by atoms with Crippen LogP contribution in [0.4, 0.5) is 0 Å². The molecular formula is C23H20BrClN2O3S. The third kappa shape index (κ3) is 7.31. The number of hydrogen-bond donors (Lipinski definition) is 1. The van der Waals surface area contributed by atoms with E-state index >= 15 is 0 Å². The van der Waals surface area contributed by atoms with E-state index in [4.69, 9.17) is 21.1 Å². The number of ether oxygens (including phenoxy) is 2. The van der Waals surface area contributed by atoms with E-state index in [0.29, 0.717) is 23.1 Å². The molecule has 0 aliphatic rings. The quantitative estimate of drug-likeness (QED) is 0.216. The van der Waals surface area contributed by atoms with Crippen LogP contribution in [-0.2, 0) is 11.4 Å². The fraction of sp³-hybridized carbons (Fsp3) is 0.130. The highest BCUT2D eigenvalue weighted by Gasteiger charge is 2.11. The summed E-state index contributed by atoms with van der Waals surface area (Å²) in [4.78, 5) is 13.0. The lowest BCUT2D eigenvalue weighted by atomic mass is 10.2. The van der Waals surface area contributed by atoms with Crippen LogP contribution < -0.4 is 14.9 Å². The number of nitrogens with zero attached hydrogens (tertiary/aromatic N) is 1. The first kappa shape index (κ1) is 23.2. The van der Waals surface area contributed by atoms with Gasteiger partial charge in [0.25, 0.3) is 0 Å². The van der Waals surface area contributed by atoms with Gasteiger partial charge >= 0.3 is 0 Å². The SMILES string of the molecule is COc1cc(/C=N\NC(=O)CSc2ccc(Cl)cc2)cc(Br)c1OCc1ccccc1. The fourth-order valence-corrected chi connectivity index (χ4v) is 3.97. The van der Waals surface area contributed by atoms with Gasteiger partial charge in [0.15, 0.2) is 11.5 Å². The lowest BCUT2D eigenvalue weighted by Gasteiger charge is -2.13. The summed E-state index contributed by atoms with van der Waals surface area (Å²) in [5.41, 5.74) is 4.34. The molecule has 3 aromatic carbocycles. The molecule has 8 heteroatoms. The van der Waals surface area contributed by atoms with E-state index in [0.717, 1.165) is 20.5 Å². The highest BCUT2D eigenvalue weighted by Crippen LogP contribution is 2.36. The molecule has 0 atom stereocenters. The number of hydrazone groups is 1. The minimum atomic E-state index is -0.204. The molecule has 5 nitrogen and oxygen atoms in total. The van der Waals surface area contributed by atoms with E-state index in [1.807, 2.05) is 48.5 Å². The second kappa shape index (κ2) is 11.8. The van der Waals surface area contributed by atoms with Crippen LogP contribution in [0.2, 0.25) is 5.02 Å². The van der Waals surface area contributed by atoms with Crippen molar-refractivity contribution in [2.24, 2.45) is 5.10 Å². The predicted molar refractivity (Wildman–Crippen MR) is 129 cm³/mol. The van der Waals surface area contributed by atoms with E-state index in [1.165, 1.54) is 11.8 Å². The third-order valence-corrected chi connectivity index (χ3v) is 5.92. The monoisotopic (exact) mass is 518 g/mol. The molecule has 0 saturated carbocycles. The average Bonchev–Trinajstić information content (AvgIpc) is 2.78. The fourth-order valence-electron chi connectivity index (χ4n) is 2.57. The van der Waals surface area contributed by atoms with Crippen LogP contribution in [-0.4, -0.2) is 25.0 Å². The van der Waals surface area contributed by atoms with Crippen LogP contribution in [0, 0.1) is 0 Å². The van der Waals surface area contributed by atoms with Gasteiger partial charge < -0.3 is 9.47 Å². The molecular weight excluding hydrogens is 500 g/mol. The molecule has 1 amide bonds. The highest BCUT2D eigenvalue weighted by molar-refractivity contribution is 9.10. The summed E-state index contributed by atoms with van der Waals surface area (Å²) in [6, 6.07) is 20.8. The van der Waals surface area contributed by atoms with Gasteiger partial charge in [-0.2, -0.15) is 5.10 Å². The van der Waals surface area contributed by atoms with Crippen LogP contribution in [0.25, 0.3) is 0 Å². The molecule has 0 bridgehead atoms. The van der Waals surface area contributed by atoms with Crippen molar-refractivity contribution in [3.05, 3.63) is 87.4 Å². The summed E-state index contributed by atoms with van der Waals surface area (Å²) in [6.45, 7) is 0.421. The van der Waals surface area contributed by atoms with Gasteiger partial charge in [-0.25, -0.2) is 5.43 Å². The van der Waals surface area contributed by atoms with Crippen LogP contribution in [0.3, 0.4) is 0 Å². The van der Waals surface area contributed by atoms with Crippen molar-refractivity contribution >= 4 is 51.4 Å². The topological polar surface area (TPSA) is 59.9 Å². The van der Waals surface area contributed by atoms with E-state index in [2.05, 4.69) is 26.5 Å². The normalized spacial score (nSPS) is 10.8. The number of thioether (sulfide) groups is 1. The first-order valence-electron chi connectivity index (χ1n) is 9.29. The first-order valence-corrected chi connectivity index (χ1v) is 11.5. The second-order valence-electron chi connectivity index (χ2n) is 6.34. The Morgan fingerprint density at radius 3 is 2.61 bits per heavy atom. The first-order chi connectivity index (χ1) is 15.0. The maximum Gasteiger partial charge on any atom is 0.250 e. The maximum absolute atomic E-state index is 12.0. The Kier molecular flexibility index (Phi) is 8.82. The zero-order valence-electron chi connectivity index (χ0n) is 16.7. The largest absolute Gasteiger partial charge is 0.493 e. The van der Waals surface area contributed by atoms with Crippen molar-refractivity contribution in [3.8, 4) is 11.5 Å². The molecule has 0 radical (unpaired) electrons. The van der Waals surface area contributed by atoms with Gasteiger partial charge in [0.2, 0.25) is 5.91 Å². The molecule has 3 aromatic rings. The average molecular weight is 520 g/mol. The molecule has 0 unspecified atom stereocenters. The second-order valence-corrected chi connectivity index (χ2v) is 8.68. The highest BCUT2D eigenvalue weighted by atomic mass is 79.9. The number of benzene rings is 3. The zero-order valence-corrected chi connectivity index (χ0v) is 19.8. The number of hydrogen-bond acceptors (Lipinski definition) is 5. The standard InChI is InChI=1S/C23H20BrClN2O3S/c1-29-21-12-17(11-20(24)23(21)30-14-16-5-3-2-4-6-16)13-26-27-22(28)15-31-19-9-7-18(25)8-10-19/h2-13H,14-15H2,1H3,(H,27,28)/b26-13-. The summed E-state index contributed by atoms with van der Waals surface area (Å²) in [5, 5.41) is 4.69. The van der Waals surface area contributed by atoms with Crippen molar-refractivity contribution in [1.82, 2.24) is 5.43 Å². The lowest BCUT2D eigenvalue weighted by Crippen LogP contribution is -2.19. The molecule has 1 N–H and O–H groups in total. The molecule has 0 spiro atoms. The molecule has 0 aromatic heterocycles. The number of amides is 1. The Bertz CT molecular complexity index is 1050. The molecule has 0 fully saturated rings. The predicted octanol–water partition coefficient (Wildman–Crippen LogP) is 5.93. The summed E-state index contributed by atoms with van der Waals surface area (Å²) in [5.74, 6) is 1.21. The van der Waals surface area contributed by atoms with Gasteiger partial charge in [-0.05, 0) is 63.5 Å². The van der Waals surface area contributed by atoms with Crippen molar-refractivity contribution in [2.75, 3.05) is 12.9 Å². The zero-order chi connectivity index (χ0) is 22.1. The molecule has 3 rings (SSSR count). The van der Waals surface area contributed by atoms with Gasteiger partial charge in [-0.3, -0.25) is 4.79 Å². The molecule has 0 saturated heterocycles. The van der Waals surface area contributed by atoms with Crippen molar-refractivity contribution < 1.29 is 14.3 Å². The van der Waals surface area contributed by atoms with Crippen molar-refractivity contribution in [2.45, 2.75) is 11.5 Å². The Hall–Kier alpha value is -2.48. The number of halogens is 2. The molecule has 0 heterocycles. The number of rotatable bonds is 9. The van der Waals surface area contributed by atoms with Crippen molar-refractivity contribution in [1.29, 1.82) is 0 Å². The molecule has 160 valence electrons. The minimum Gasteiger partial charge on any atom is -0.493 e. The van der Waals surface area contributed by atoms with Gasteiger partial charge in [0, 0.05) is 9.92 Å². The van der Waals surface area contributed by atoms with Crippen molar-refractivity contribution in [3.63, 3.8) is 0 Å². The number of methoxy groups -OCH3 is 1. The molecule has 31 heavy (non-hydrogen) atoms. The smallest absolute Gasteiger partial charge is 0.250 e. The Balaban J connectivity index is 1.56. The summed E-state index contributed by atoms with van der Waals surface area (Å²) in [7, 11) is 1.58. The van der Waals surface area contributed by atoms with Gasteiger partial charge in [-0.15, -0.1) is 11.8 Å². The van der Waals surface area contributed by atoms with Crippen LogP contribution >= 0.6 is 39.3 Å². The van der Waals surface area contributed by atoms with E-state index in [-0.39, 0.29) is 11.7 Å². The van der Waals surface area contributed by atoms with E-state index in [9.17, 15) is 4.79 Å². The summed E-state index contributed by atoms with van der Waals surface area (Å²) in [6.07, 6.45) is 1.55. The van der Waals surface area contributed by atoms with E-state index in [1.54, 1.807) is 31.5 Å². The number of carbonyl (C=O) groups excluding carboxylic acids is 1. The van der Waals surface area contributed by atoms with Crippen LogP contribution in [0.5, 0.6) is 11.5 Å². The maximum atomic E-state index is 12.0. The molecule has 0 aliphatic heterocycles. The number of carbonyl (C=O) groups is 1. The lowest BCUT2D eigenvalue weighted by molar-refractivity contribution is -0.118. The van der Waals surface area contributed by atoms with Crippen LogP contribution in [0.1, 0.15) is 11.1 Å². The molecule has 0 aliphatic carbocycles. The minimum absolute atomic E-state index is 0.204. The van der Waals surface area contributed by atoms with Gasteiger partial charge in [0.1, 0.15) is 6.61 Å². The van der Waals surface area contributed by atoms with E-state index < -0.39 is 0 Å². The Morgan fingerprint density at radius 1 is 1.16 bits per heavy atom. The Morgan fingerprint density at radius 2 is 1.90 bits per heavy atom. The summed E-state index contributed by atoms with van der Waals surface area (Å²) >= 11 is 10.8. The number of nitrogens with one attached hydrogen (secondary N) is 1.